The third-order valence-corrected chi connectivity index (χ3v) is 3.81. The Hall–Kier alpha value is -1.53. The highest BCUT2D eigenvalue weighted by atomic mass is 35.5. The summed E-state index contributed by atoms with van der Waals surface area (Å²) in [6.07, 6.45) is 1.65. The molecule has 2 N–H and O–H groups in total. The van der Waals surface area contributed by atoms with Crippen LogP contribution in [-0.4, -0.2) is 23.8 Å². The average Bonchev–Trinajstić information content (AvgIpc) is 2.83. The van der Waals surface area contributed by atoms with Crippen molar-refractivity contribution in [3.8, 4) is 11.3 Å². The van der Waals surface area contributed by atoms with E-state index in [1.165, 1.54) is 0 Å². The molecule has 1 aromatic heterocycles. The van der Waals surface area contributed by atoms with Gasteiger partial charge in [-0.1, -0.05) is 12.1 Å². The molecule has 17 heavy (non-hydrogen) atoms. The molecule has 0 amide bonds. The van der Waals surface area contributed by atoms with Gasteiger partial charge in [0, 0.05) is 11.9 Å². The van der Waals surface area contributed by atoms with Gasteiger partial charge in [-0.15, -0.1) is 11.6 Å². The normalized spacial score (nSPS) is 11.4. The number of nitrogens with one attached hydrogen (secondary N) is 2. The zero-order valence-electron chi connectivity index (χ0n) is 8.72. The van der Waals surface area contributed by atoms with Crippen LogP contribution in [0, 0.1) is 0 Å². The monoisotopic (exact) mass is 271 g/mol. The van der Waals surface area contributed by atoms with Gasteiger partial charge >= 0.3 is 0 Å². The highest BCUT2D eigenvalue weighted by Gasteiger charge is 2.07. The molecule has 0 bridgehead atoms. The molecule has 0 atom stereocenters. The van der Waals surface area contributed by atoms with E-state index >= 15 is 0 Å². The van der Waals surface area contributed by atoms with Gasteiger partial charge in [0.05, 0.1) is 5.69 Å². The molecule has 2 aromatic rings. The number of benzene rings is 1. The average molecular weight is 272 g/mol. The Morgan fingerprint density at radius 2 is 1.94 bits per heavy atom. The van der Waals surface area contributed by atoms with Crippen LogP contribution in [0.25, 0.3) is 11.3 Å². The molecule has 1 heterocycles. The maximum Gasteiger partial charge on any atom is 0.246 e. The summed E-state index contributed by atoms with van der Waals surface area (Å²) in [4.78, 5) is 0. The largest absolute Gasteiger partial charge is 0.283 e. The Morgan fingerprint density at radius 3 is 2.47 bits per heavy atom. The van der Waals surface area contributed by atoms with Gasteiger partial charge < -0.3 is 0 Å². The van der Waals surface area contributed by atoms with E-state index in [2.05, 4.69) is 14.9 Å². The number of halogens is 1. The number of alkyl halides is 1. The minimum Gasteiger partial charge on any atom is -0.283 e. The highest BCUT2D eigenvalue weighted by molar-refractivity contribution is 7.93. The van der Waals surface area contributed by atoms with E-state index in [4.69, 9.17) is 11.6 Å². The van der Waals surface area contributed by atoms with E-state index < -0.39 is 15.2 Å². The van der Waals surface area contributed by atoms with E-state index in [9.17, 15) is 8.42 Å². The lowest BCUT2D eigenvalue weighted by Crippen LogP contribution is -2.13. The Morgan fingerprint density at radius 1 is 1.24 bits per heavy atom. The van der Waals surface area contributed by atoms with E-state index in [0.717, 1.165) is 11.3 Å². The summed E-state index contributed by atoms with van der Waals surface area (Å²) in [7, 11) is -3.44. The summed E-state index contributed by atoms with van der Waals surface area (Å²) >= 11 is 5.29. The molecule has 0 fully saturated rings. The van der Waals surface area contributed by atoms with Crippen LogP contribution < -0.4 is 4.72 Å². The van der Waals surface area contributed by atoms with Crippen molar-refractivity contribution in [1.29, 1.82) is 0 Å². The minimum absolute atomic E-state index is 0.463. The van der Waals surface area contributed by atoms with Crippen molar-refractivity contribution in [3.63, 3.8) is 0 Å². The summed E-state index contributed by atoms with van der Waals surface area (Å²) < 4.78 is 24.8. The fourth-order valence-corrected chi connectivity index (χ4v) is 2.05. The first-order valence-electron chi connectivity index (χ1n) is 4.77. The maximum atomic E-state index is 11.2. The lowest BCUT2D eigenvalue weighted by molar-refractivity contribution is 0.605. The fourth-order valence-electron chi connectivity index (χ4n) is 1.34. The predicted molar refractivity (Wildman–Crippen MR) is 67.3 cm³/mol. The van der Waals surface area contributed by atoms with Crippen LogP contribution in [-0.2, 0) is 10.0 Å². The Balaban J connectivity index is 2.19. The Kier molecular flexibility index (Phi) is 3.35. The molecular formula is C10H10ClN3O2S. The molecule has 0 radical (unpaired) electrons. The van der Waals surface area contributed by atoms with E-state index in [0.29, 0.717) is 5.69 Å². The Bertz CT molecular complexity index is 579. The van der Waals surface area contributed by atoms with Crippen LogP contribution in [0.5, 0.6) is 0 Å². The minimum atomic E-state index is -3.44. The first-order valence-corrected chi connectivity index (χ1v) is 6.96. The molecule has 0 unspecified atom stereocenters. The third kappa shape index (κ3) is 2.98. The Labute approximate surface area is 104 Å². The second-order valence-electron chi connectivity index (χ2n) is 3.37. The van der Waals surface area contributed by atoms with Crippen molar-refractivity contribution in [3.05, 3.63) is 36.5 Å². The topological polar surface area (TPSA) is 74.8 Å². The zero-order valence-corrected chi connectivity index (χ0v) is 10.3. The second kappa shape index (κ2) is 4.77. The molecule has 0 aliphatic carbocycles. The summed E-state index contributed by atoms with van der Waals surface area (Å²) in [5.41, 5.74) is 2.28. The molecule has 0 saturated heterocycles. The third-order valence-electron chi connectivity index (χ3n) is 2.11. The number of sulfonamides is 1. The second-order valence-corrected chi connectivity index (χ2v) is 5.68. The molecule has 7 heteroatoms. The number of aromatic nitrogens is 2. The van der Waals surface area contributed by atoms with Crippen molar-refractivity contribution in [2.24, 2.45) is 0 Å². The molecule has 2 rings (SSSR count). The van der Waals surface area contributed by atoms with Gasteiger partial charge in [0.2, 0.25) is 10.0 Å². The number of nitrogens with zero attached hydrogens (tertiary/aromatic N) is 1. The van der Waals surface area contributed by atoms with Crippen molar-refractivity contribution < 1.29 is 8.42 Å². The molecule has 0 spiro atoms. The lowest BCUT2D eigenvalue weighted by atomic mass is 10.1. The quantitative estimate of drug-likeness (QED) is 0.836. The molecule has 5 nitrogen and oxygen atoms in total. The summed E-state index contributed by atoms with van der Waals surface area (Å²) in [5, 5.41) is 6.20. The van der Waals surface area contributed by atoms with Crippen LogP contribution in [0.4, 0.5) is 5.69 Å². The molecule has 1 aromatic carbocycles. The number of rotatable bonds is 4. The molecule has 0 aliphatic rings. The highest BCUT2D eigenvalue weighted by Crippen LogP contribution is 2.19. The fraction of sp³-hybridized carbons (Fsp3) is 0.100. The molecular weight excluding hydrogens is 262 g/mol. The number of hydrogen-bond donors (Lipinski definition) is 2. The molecule has 0 saturated carbocycles. The van der Waals surface area contributed by atoms with Gasteiger partial charge in [0.25, 0.3) is 0 Å². The van der Waals surface area contributed by atoms with Gasteiger partial charge in [0.1, 0.15) is 5.21 Å². The zero-order chi connectivity index (χ0) is 12.3. The van der Waals surface area contributed by atoms with E-state index in [1.807, 2.05) is 6.07 Å². The van der Waals surface area contributed by atoms with E-state index in [-0.39, 0.29) is 0 Å². The standard InChI is InChI=1S/C10H10ClN3O2S/c11-7-17(15,16)14-9-3-1-8(2-4-9)10-5-6-12-13-10/h1-6,14H,7H2,(H,12,13). The number of aromatic amines is 1. The lowest BCUT2D eigenvalue weighted by Gasteiger charge is -2.05. The van der Waals surface area contributed by atoms with Crippen molar-refractivity contribution in [2.75, 3.05) is 9.93 Å². The van der Waals surface area contributed by atoms with Crippen molar-refractivity contribution in [2.45, 2.75) is 0 Å². The van der Waals surface area contributed by atoms with Gasteiger partial charge in [-0.05, 0) is 23.8 Å². The summed E-state index contributed by atoms with van der Waals surface area (Å²) in [6.45, 7) is 0. The SMILES string of the molecule is O=S(=O)(CCl)Nc1ccc(-c2ccn[nH]2)cc1. The van der Waals surface area contributed by atoms with Crippen LogP contribution in [0.3, 0.4) is 0 Å². The van der Waals surface area contributed by atoms with Gasteiger partial charge in [-0.3, -0.25) is 9.82 Å². The number of anilines is 1. The first kappa shape index (κ1) is 11.9. The van der Waals surface area contributed by atoms with Crippen LogP contribution in [0.15, 0.2) is 36.5 Å². The number of H-pyrrole nitrogens is 1. The predicted octanol–water partition coefficient (Wildman–Crippen LogP) is 2.01. The smallest absolute Gasteiger partial charge is 0.246 e. The molecule has 0 aliphatic heterocycles. The molecule has 90 valence electrons. The van der Waals surface area contributed by atoms with Crippen molar-refractivity contribution in [1.82, 2.24) is 10.2 Å². The van der Waals surface area contributed by atoms with Gasteiger partial charge in [0.15, 0.2) is 0 Å². The van der Waals surface area contributed by atoms with Gasteiger partial charge in [-0.25, -0.2) is 8.42 Å². The number of hydrogen-bond acceptors (Lipinski definition) is 3. The van der Waals surface area contributed by atoms with E-state index in [1.54, 1.807) is 30.5 Å². The summed E-state index contributed by atoms with van der Waals surface area (Å²) in [5.74, 6) is 0. The van der Waals surface area contributed by atoms with Crippen LogP contribution >= 0.6 is 11.6 Å². The van der Waals surface area contributed by atoms with Crippen LogP contribution in [0.1, 0.15) is 0 Å². The maximum absolute atomic E-state index is 11.2. The van der Waals surface area contributed by atoms with Gasteiger partial charge in [-0.2, -0.15) is 5.10 Å². The van der Waals surface area contributed by atoms with Crippen molar-refractivity contribution >= 4 is 27.3 Å². The first-order chi connectivity index (χ1) is 8.11. The summed E-state index contributed by atoms with van der Waals surface area (Å²) in [6, 6.07) is 8.75. The van der Waals surface area contributed by atoms with Crippen LogP contribution in [0.2, 0.25) is 0 Å².